The predicted octanol–water partition coefficient (Wildman–Crippen LogP) is 17.1. The molecule has 0 bridgehead atoms. The van der Waals surface area contributed by atoms with Crippen LogP contribution in [0, 0.1) is 5.92 Å². The van der Waals surface area contributed by atoms with Gasteiger partial charge in [0.15, 0.2) is 6.10 Å². The average Bonchev–Trinajstić information content (AvgIpc) is 3.22. The molecule has 0 aliphatic heterocycles. The van der Waals surface area contributed by atoms with Crippen molar-refractivity contribution in [3.05, 3.63) is 0 Å². The molecule has 6 nitrogen and oxygen atoms in total. The van der Waals surface area contributed by atoms with Crippen LogP contribution in [-0.2, 0) is 28.6 Å². The Labute approximate surface area is 368 Å². The monoisotopic (exact) mass is 835 g/mol. The third-order valence-corrected chi connectivity index (χ3v) is 12.0. The summed E-state index contributed by atoms with van der Waals surface area (Å²) in [6.45, 7) is 8.99. The summed E-state index contributed by atoms with van der Waals surface area (Å²) in [6.07, 6.45) is 49.5. The first-order chi connectivity index (χ1) is 28.9. The van der Waals surface area contributed by atoms with Crippen molar-refractivity contribution in [3.63, 3.8) is 0 Å². The average molecular weight is 835 g/mol. The lowest BCUT2D eigenvalue weighted by molar-refractivity contribution is -0.167. The van der Waals surface area contributed by atoms with Gasteiger partial charge in [-0.1, -0.05) is 259 Å². The van der Waals surface area contributed by atoms with E-state index in [0.717, 1.165) is 63.7 Å². The molecule has 0 aromatic carbocycles. The van der Waals surface area contributed by atoms with E-state index in [2.05, 4.69) is 27.7 Å². The van der Waals surface area contributed by atoms with Crippen molar-refractivity contribution >= 4 is 17.9 Å². The lowest BCUT2D eigenvalue weighted by Crippen LogP contribution is -2.30. The fraction of sp³-hybridized carbons (Fsp3) is 0.943. The van der Waals surface area contributed by atoms with Crippen LogP contribution in [0.5, 0.6) is 0 Å². The summed E-state index contributed by atoms with van der Waals surface area (Å²) < 4.78 is 16.8. The maximum atomic E-state index is 12.8. The molecule has 0 heterocycles. The molecule has 0 unspecified atom stereocenters. The molecule has 0 rings (SSSR count). The minimum Gasteiger partial charge on any atom is -0.462 e. The minimum atomic E-state index is -0.761. The van der Waals surface area contributed by atoms with Crippen molar-refractivity contribution in [1.29, 1.82) is 0 Å². The summed E-state index contributed by atoms with van der Waals surface area (Å²) in [5.74, 6) is -0.0641. The Balaban J connectivity index is 4.27. The SMILES string of the molecule is CCCCCCCCCCCCCCCCCCC(=O)OC[C@@H](COC(=O)CCCCCCCCCC(C)C)OC(=O)CCCCCCCCCCCCCCCCC. The maximum absolute atomic E-state index is 12.8. The Kier molecular flexibility index (Phi) is 46.2. The van der Waals surface area contributed by atoms with Gasteiger partial charge in [0.25, 0.3) is 0 Å². The molecule has 0 saturated carbocycles. The van der Waals surface area contributed by atoms with Gasteiger partial charge in [0.05, 0.1) is 0 Å². The Morgan fingerprint density at radius 3 is 0.831 bits per heavy atom. The van der Waals surface area contributed by atoms with Gasteiger partial charge in [-0.3, -0.25) is 14.4 Å². The molecule has 350 valence electrons. The summed E-state index contributed by atoms with van der Waals surface area (Å²) in [5, 5.41) is 0. The van der Waals surface area contributed by atoms with Crippen molar-refractivity contribution < 1.29 is 28.6 Å². The van der Waals surface area contributed by atoms with Gasteiger partial charge in [0.2, 0.25) is 0 Å². The molecule has 0 N–H and O–H groups in total. The maximum Gasteiger partial charge on any atom is 0.306 e. The van der Waals surface area contributed by atoms with Gasteiger partial charge in [-0.25, -0.2) is 0 Å². The zero-order chi connectivity index (χ0) is 43.1. The molecule has 0 aliphatic rings. The highest BCUT2D eigenvalue weighted by Crippen LogP contribution is 2.17. The summed E-state index contributed by atoms with van der Waals surface area (Å²) >= 11 is 0. The van der Waals surface area contributed by atoms with E-state index in [1.54, 1.807) is 0 Å². The number of carbonyl (C=O) groups is 3. The molecule has 0 saturated heterocycles. The third-order valence-electron chi connectivity index (χ3n) is 12.0. The number of unbranched alkanes of at least 4 members (excludes halogenated alkanes) is 35. The zero-order valence-corrected chi connectivity index (χ0v) is 40.2. The van der Waals surface area contributed by atoms with Crippen LogP contribution in [0.15, 0.2) is 0 Å². The largest absolute Gasteiger partial charge is 0.462 e. The molecule has 59 heavy (non-hydrogen) atoms. The second-order valence-electron chi connectivity index (χ2n) is 18.6. The molecular weight excluding hydrogens is 733 g/mol. The summed E-state index contributed by atoms with van der Waals surface area (Å²) in [7, 11) is 0. The summed E-state index contributed by atoms with van der Waals surface area (Å²) in [5.41, 5.74) is 0. The Morgan fingerprint density at radius 2 is 0.559 bits per heavy atom. The molecule has 0 aliphatic carbocycles. The highest BCUT2D eigenvalue weighted by atomic mass is 16.6. The molecule has 0 spiro atoms. The third kappa shape index (κ3) is 47.3. The molecular formula is C53H102O6. The van der Waals surface area contributed by atoms with E-state index in [9.17, 15) is 14.4 Å². The summed E-state index contributed by atoms with van der Waals surface area (Å²) in [6, 6.07) is 0. The first-order valence-electron chi connectivity index (χ1n) is 26.4. The number of ether oxygens (including phenoxy) is 3. The first-order valence-corrected chi connectivity index (χ1v) is 26.4. The quantitative estimate of drug-likeness (QED) is 0.0345. The van der Waals surface area contributed by atoms with E-state index in [4.69, 9.17) is 14.2 Å². The van der Waals surface area contributed by atoms with Gasteiger partial charge in [0.1, 0.15) is 13.2 Å². The van der Waals surface area contributed by atoms with Crippen molar-refractivity contribution in [1.82, 2.24) is 0 Å². The van der Waals surface area contributed by atoms with E-state index >= 15 is 0 Å². The van der Waals surface area contributed by atoms with Crippen LogP contribution in [0.2, 0.25) is 0 Å². The Bertz CT molecular complexity index is 887. The van der Waals surface area contributed by atoms with Crippen LogP contribution in [0.3, 0.4) is 0 Å². The van der Waals surface area contributed by atoms with Gasteiger partial charge < -0.3 is 14.2 Å². The van der Waals surface area contributed by atoms with Gasteiger partial charge in [-0.05, 0) is 25.2 Å². The lowest BCUT2D eigenvalue weighted by atomic mass is 10.0. The molecule has 0 radical (unpaired) electrons. The van der Waals surface area contributed by atoms with Crippen LogP contribution in [0.4, 0.5) is 0 Å². The second kappa shape index (κ2) is 47.5. The topological polar surface area (TPSA) is 78.9 Å². The molecule has 1 atom stereocenters. The standard InChI is InChI=1S/C53H102O6/c1-5-7-9-11-13-15-17-19-21-23-24-26-28-32-36-40-44-51(54)57-47-50(48-58-52(55)45-41-37-34-30-31-35-39-43-49(3)4)59-53(56)46-42-38-33-29-27-25-22-20-18-16-14-12-10-8-6-2/h49-50H,5-48H2,1-4H3/t50-/m0/s1. The number of hydrogen-bond acceptors (Lipinski definition) is 6. The Hall–Kier alpha value is -1.59. The number of rotatable bonds is 48. The van der Waals surface area contributed by atoms with E-state index in [1.807, 2.05) is 0 Å². The predicted molar refractivity (Wildman–Crippen MR) is 252 cm³/mol. The van der Waals surface area contributed by atoms with Crippen molar-refractivity contribution in [3.8, 4) is 0 Å². The van der Waals surface area contributed by atoms with Crippen LogP contribution >= 0.6 is 0 Å². The molecule has 0 fully saturated rings. The van der Waals surface area contributed by atoms with E-state index in [-0.39, 0.29) is 31.1 Å². The Morgan fingerprint density at radius 1 is 0.322 bits per heavy atom. The molecule has 0 aromatic heterocycles. The van der Waals surface area contributed by atoms with Crippen LogP contribution in [-0.4, -0.2) is 37.2 Å². The smallest absolute Gasteiger partial charge is 0.306 e. The van der Waals surface area contributed by atoms with E-state index < -0.39 is 6.10 Å². The first kappa shape index (κ1) is 57.4. The number of hydrogen-bond donors (Lipinski definition) is 0. The van der Waals surface area contributed by atoms with Crippen LogP contribution in [0.1, 0.15) is 297 Å². The van der Waals surface area contributed by atoms with E-state index in [0.29, 0.717) is 19.3 Å². The number of esters is 3. The fourth-order valence-corrected chi connectivity index (χ4v) is 8.04. The van der Waals surface area contributed by atoms with E-state index in [1.165, 1.54) is 193 Å². The lowest BCUT2D eigenvalue weighted by Gasteiger charge is -2.18. The highest BCUT2D eigenvalue weighted by Gasteiger charge is 2.19. The fourth-order valence-electron chi connectivity index (χ4n) is 8.04. The number of carbonyl (C=O) groups excluding carboxylic acids is 3. The van der Waals surface area contributed by atoms with Gasteiger partial charge >= 0.3 is 17.9 Å². The normalized spacial score (nSPS) is 11.9. The molecule has 0 aromatic rings. The van der Waals surface area contributed by atoms with Crippen molar-refractivity contribution in [2.24, 2.45) is 5.92 Å². The van der Waals surface area contributed by atoms with Crippen LogP contribution < -0.4 is 0 Å². The minimum absolute atomic E-state index is 0.0631. The van der Waals surface area contributed by atoms with Gasteiger partial charge in [-0.15, -0.1) is 0 Å². The van der Waals surface area contributed by atoms with Gasteiger partial charge in [-0.2, -0.15) is 0 Å². The molecule has 6 heteroatoms. The molecule has 0 amide bonds. The van der Waals surface area contributed by atoms with Crippen LogP contribution in [0.25, 0.3) is 0 Å². The summed E-state index contributed by atoms with van der Waals surface area (Å²) in [4.78, 5) is 37.9. The van der Waals surface area contributed by atoms with Crippen molar-refractivity contribution in [2.45, 2.75) is 303 Å². The second-order valence-corrected chi connectivity index (χ2v) is 18.6. The van der Waals surface area contributed by atoms with Gasteiger partial charge in [0, 0.05) is 19.3 Å². The highest BCUT2D eigenvalue weighted by molar-refractivity contribution is 5.71. The zero-order valence-electron chi connectivity index (χ0n) is 40.2. The van der Waals surface area contributed by atoms with Crippen molar-refractivity contribution in [2.75, 3.05) is 13.2 Å².